The number of aryl methyl sites for hydroxylation is 1. The van der Waals surface area contributed by atoms with Gasteiger partial charge in [-0.15, -0.1) is 0 Å². The highest BCUT2D eigenvalue weighted by Gasteiger charge is 2.47. The first kappa shape index (κ1) is 21.0. The molecule has 1 fully saturated rings. The zero-order chi connectivity index (χ0) is 23.2. The Morgan fingerprint density at radius 3 is 2.64 bits per heavy atom. The molecule has 0 radical (unpaired) electrons. The minimum Gasteiger partial charge on any atom is -0.495 e. The van der Waals surface area contributed by atoms with E-state index in [9.17, 15) is 8.78 Å². The molecule has 7 nitrogen and oxygen atoms in total. The lowest BCUT2D eigenvalue weighted by Gasteiger charge is -2.37. The van der Waals surface area contributed by atoms with Gasteiger partial charge >= 0.3 is 0 Å². The molecule has 0 N–H and O–H groups in total. The van der Waals surface area contributed by atoms with Crippen molar-refractivity contribution in [1.82, 2.24) is 14.5 Å². The maximum Gasteiger partial charge on any atom is 0.234 e. The Morgan fingerprint density at radius 2 is 1.94 bits per heavy atom. The number of ether oxygens (including phenoxy) is 2. The van der Waals surface area contributed by atoms with E-state index in [0.717, 1.165) is 23.0 Å². The molecular formula is C24H22F2N4O3. The number of oxime groups is 1. The van der Waals surface area contributed by atoms with E-state index in [1.54, 1.807) is 20.4 Å². The van der Waals surface area contributed by atoms with Crippen molar-refractivity contribution < 1.29 is 23.1 Å². The number of morpholine rings is 1. The maximum atomic E-state index is 13.9. The maximum absolute atomic E-state index is 13.9. The van der Waals surface area contributed by atoms with Gasteiger partial charge in [0.15, 0.2) is 5.76 Å². The monoisotopic (exact) mass is 452 g/mol. The topological polar surface area (TPSA) is 61.1 Å². The van der Waals surface area contributed by atoms with E-state index in [1.807, 2.05) is 46.9 Å². The van der Waals surface area contributed by atoms with E-state index < -0.39 is 17.4 Å². The molecule has 0 saturated carbocycles. The van der Waals surface area contributed by atoms with Crippen LogP contribution in [0.25, 0.3) is 11.8 Å². The summed E-state index contributed by atoms with van der Waals surface area (Å²) in [7, 11) is 1.61. The molecule has 0 unspecified atom stereocenters. The van der Waals surface area contributed by atoms with Crippen LogP contribution >= 0.6 is 0 Å². The van der Waals surface area contributed by atoms with Gasteiger partial charge in [0, 0.05) is 24.8 Å². The van der Waals surface area contributed by atoms with Crippen LogP contribution in [-0.2, 0) is 15.3 Å². The Balaban J connectivity index is 1.47. The summed E-state index contributed by atoms with van der Waals surface area (Å²) in [6.45, 7) is 4.47. The minimum atomic E-state index is -1.15. The smallest absolute Gasteiger partial charge is 0.234 e. The molecule has 5 rings (SSSR count). The molecule has 170 valence electrons. The average Bonchev–Trinajstić information content (AvgIpc) is 3.38. The zero-order valence-corrected chi connectivity index (χ0v) is 18.4. The summed E-state index contributed by atoms with van der Waals surface area (Å²) in [4.78, 5) is 11.8. The largest absolute Gasteiger partial charge is 0.495 e. The molecule has 2 aliphatic rings. The molecule has 33 heavy (non-hydrogen) atoms. The molecule has 9 heteroatoms. The average molecular weight is 452 g/mol. The minimum absolute atomic E-state index is 0.335. The summed E-state index contributed by atoms with van der Waals surface area (Å²) in [5.41, 5.74) is 1.77. The predicted molar refractivity (Wildman–Crippen MR) is 118 cm³/mol. The lowest BCUT2D eigenvalue weighted by molar-refractivity contribution is -0.0971. The van der Waals surface area contributed by atoms with Crippen LogP contribution < -0.4 is 4.74 Å². The van der Waals surface area contributed by atoms with E-state index >= 15 is 0 Å². The van der Waals surface area contributed by atoms with Crippen LogP contribution in [0.15, 0.2) is 59.8 Å². The van der Waals surface area contributed by atoms with Gasteiger partial charge in [-0.1, -0.05) is 11.2 Å². The fourth-order valence-corrected chi connectivity index (χ4v) is 4.08. The van der Waals surface area contributed by atoms with E-state index in [0.29, 0.717) is 36.1 Å². The van der Waals surface area contributed by atoms with Crippen molar-refractivity contribution in [2.24, 2.45) is 5.16 Å². The predicted octanol–water partition coefficient (Wildman–Crippen LogP) is 4.36. The van der Waals surface area contributed by atoms with Crippen LogP contribution in [0.3, 0.4) is 0 Å². The van der Waals surface area contributed by atoms with Crippen molar-refractivity contribution in [3.8, 4) is 11.4 Å². The first-order valence-corrected chi connectivity index (χ1v) is 10.4. The van der Waals surface area contributed by atoms with Crippen molar-refractivity contribution in [3.05, 3.63) is 83.1 Å². The van der Waals surface area contributed by atoms with Crippen molar-refractivity contribution in [2.75, 3.05) is 20.3 Å². The Kier molecular flexibility index (Phi) is 5.03. The van der Waals surface area contributed by atoms with Crippen LogP contribution in [0.5, 0.6) is 5.75 Å². The van der Waals surface area contributed by atoms with Gasteiger partial charge in [-0.3, -0.25) is 0 Å². The van der Waals surface area contributed by atoms with Gasteiger partial charge in [-0.05, 0) is 42.8 Å². The van der Waals surface area contributed by atoms with E-state index in [2.05, 4.69) is 10.1 Å². The van der Waals surface area contributed by atoms with Crippen LogP contribution in [0, 0.1) is 18.6 Å². The third-order valence-electron chi connectivity index (χ3n) is 5.76. The van der Waals surface area contributed by atoms with Crippen molar-refractivity contribution >= 4 is 11.9 Å². The Hall–Kier alpha value is -3.88. The Bertz CT molecular complexity index is 1270. The summed E-state index contributed by atoms with van der Waals surface area (Å²) in [6, 6.07) is 9.08. The third kappa shape index (κ3) is 3.69. The van der Waals surface area contributed by atoms with E-state index in [4.69, 9.17) is 14.3 Å². The zero-order valence-electron chi connectivity index (χ0n) is 18.4. The number of halogens is 2. The second kappa shape index (κ2) is 7.91. The summed E-state index contributed by atoms with van der Waals surface area (Å²) < 4.78 is 41.1. The Labute approximate surface area is 189 Å². The number of nitrogens with zero attached hydrogens (tertiary/aromatic N) is 4. The van der Waals surface area contributed by atoms with Crippen LogP contribution in [0.2, 0.25) is 0 Å². The van der Waals surface area contributed by atoms with E-state index in [1.165, 1.54) is 12.1 Å². The van der Waals surface area contributed by atoms with E-state index in [-0.39, 0.29) is 0 Å². The summed E-state index contributed by atoms with van der Waals surface area (Å²) in [5.74, 6) is 0.274. The fourth-order valence-electron chi connectivity index (χ4n) is 4.08. The Morgan fingerprint density at radius 1 is 1.15 bits per heavy atom. The van der Waals surface area contributed by atoms with Gasteiger partial charge in [0.1, 0.15) is 24.0 Å². The van der Waals surface area contributed by atoms with Crippen molar-refractivity contribution in [2.45, 2.75) is 19.6 Å². The molecule has 1 atom stereocenters. The van der Waals surface area contributed by atoms with Gasteiger partial charge in [0.25, 0.3) is 0 Å². The molecule has 0 aliphatic carbocycles. The van der Waals surface area contributed by atoms with Crippen LogP contribution in [0.4, 0.5) is 8.78 Å². The first-order valence-electron chi connectivity index (χ1n) is 10.4. The highest BCUT2D eigenvalue weighted by atomic mass is 19.1. The standard InChI is InChI=1S/C24H22F2N4O3/c1-15-13-29(14-27-15)20-5-4-16(8-21(20)31-3)9-22-23-28-33-24(2,30(23)6-7-32-22)17-10-18(25)12-19(26)11-17/h4-5,8-14H,6-7H2,1-3H3/b22-9-/t24-/m0/s1. The van der Waals surface area contributed by atoms with Crippen molar-refractivity contribution in [3.63, 3.8) is 0 Å². The number of methoxy groups -OCH3 is 1. The quantitative estimate of drug-likeness (QED) is 0.589. The number of hydrogen-bond acceptors (Lipinski definition) is 6. The summed E-state index contributed by atoms with van der Waals surface area (Å²) in [6.07, 6.45) is 5.48. The fraction of sp³-hybridized carbons (Fsp3) is 0.250. The number of aromatic nitrogens is 2. The SMILES string of the molecule is COc1cc(/C=C2\OCCN3C2=NO[C@@]3(C)c2cc(F)cc(F)c2)ccc1-n1cnc(C)c1. The number of imidazole rings is 1. The second-order valence-electron chi connectivity index (χ2n) is 8.01. The normalized spacial score (nSPS) is 20.8. The number of hydrogen-bond donors (Lipinski definition) is 0. The van der Waals surface area contributed by atoms with Crippen LogP contribution in [0.1, 0.15) is 23.7 Å². The van der Waals surface area contributed by atoms with Gasteiger partial charge in [-0.2, -0.15) is 0 Å². The number of fused-ring (bicyclic) bond motifs is 1. The van der Waals surface area contributed by atoms with Gasteiger partial charge in [-0.25, -0.2) is 13.8 Å². The highest BCUT2D eigenvalue weighted by molar-refractivity contribution is 6.01. The second-order valence-corrected chi connectivity index (χ2v) is 8.01. The summed E-state index contributed by atoms with van der Waals surface area (Å²) >= 11 is 0. The molecule has 1 saturated heterocycles. The molecule has 3 aromatic rings. The molecular weight excluding hydrogens is 430 g/mol. The first-order chi connectivity index (χ1) is 15.9. The highest BCUT2D eigenvalue weighted by Crippen LogP contribution is 2.39. The lowest BCUT2D eigenvalue weighted by Crippen LogP contribution is -2.49. The number of amidine groups is 1. The number of rotatable bonds is 4. The third-order valence-corrected chi connectivity index (χ3v) is 5.76. The van der Waals surface area contributed by atoms with Gasteiger partial charge in [0.2, 0.25) is 11.6 Å². The van der Waals surface area contributed by atoms with Crippen molar-refractivity contribution in [1.29, 1.82) is 0 Å². The number of benzene rings is 2. The molecule has 1 aromatic heterocycles. The molecule has 2 aliphatic heterocycles. The van der Waals surface area contributed by atoms with Crippen LogP contribution in [-0.4, -0.2) is 40.5 Å². The van der Waals surface area contributed by atoms with Gasteiger partial charge in [0.05, 0.1) is 31.4 Å². The van der Waals surface area contributed by atoms with Gasteiger partial charge < -0.3 is 23.8 Å². The molecule has 0 amide bonds. The lowest BCUT2D eigenvalue weighted by atomic mass is 10.0. The molecule has 2 aromatic carbocycles. The summed E-state index contributed by atoms with van der Waals surface area (Å²) in [5, 5.41) is 4.20. The molecule has 3 heterocycles. The molecule has 0 bridgehead atoms. The molecule has 0 spiro atoms.